The highest BCUT2D eigenvalue weighted by atomic mass is 16.3. The second kappa shape index (κ2) is 6.66. The second-order valence-electron chi connectivity index (χ2n) is 5.40. The van der Waals surface area contributed by atoms with Gasteiger partial charge < -0.3 is 19.5 Å². The van der Waals surface area contributed by atoms with Crippen molar-refractivity contribution in [2.24, 2.45) is 0 Å². The number of piperazine rings is 1. The van der Waals surface area contributed by atoms with E-state index in [1.807, 2.05) is 18.2 Å². The summed E-state index contributed by atoms with van der Waals surface area (Å²) >= 11 is 0. The van der Waals surface area contributed by atoms with Gasteiger partial charge in [-0.05, 0) is 24.7 Å². The maximum atomic E-state index is 12.2. The minimum Gasteiger partial charge on any atom is -0.472 e. The number of para-hydroxylation sites is 2. The van der Waals surface area contributed by atoms with E-state index in [0.29, 0.717) is 5.56 Å². The monoisotopic (exact) mass is 299 g/mol. The van der Waals surface area contributed by atoms with Gasteiger partial charge in [0, 0.05) is 26.2 Å². The molecule has 1 N–H and O–H groups in total. The Bertz CT molecular complexity index is 617. The molecular weight excluding hydrogens is 278 g/mol. The van der Waals surface area contributed by atoms with Crippen molar-refractivity contribution in [3.8, 4) is 0 Å². The van der Waals surface area contributed by atoms with Gasteiger partial charge in [0.25, 0.3) is 5.91 Å². The fraction of sp³-hybridized carbons (Fsp3) is 0.353. The van der Waals surface area contributed by atoms with Crippen molar-refractivity contribution >= 4 is 17.3 Å². The third kappa shape index (κ3) is 3.14. The number of hydrogen-bond donors (Lipinski definition) is 1. The molecule has 5 heteroatoms. The van der Waals surface area contributed by atoms with Crippen molar-refractivity contribution in [1.82, 2.24) is 4.90 Å². The van der Waals surface area contributed by atoms with Crippen LogP contribution in [0.2, 0.25) is 0 Å². The number of anilines is 2. The summed E-state index contributed by atoms with van der Waals surface area (Å²) in [6.45, 7) is 7.35. The predicted molar refractivity (Wildman–Crippen MR) is 87.4 cm³/mol. The van der Waals surface area contributed by atoms with Crippen LogP contribution in [-0.4, -0.2) is 43.5 Å². The highest BCUT2D eigenvalue weighted by Crippen LogP contribution is 2.27. The van der Waals surface area contributed by atoms with Crippen LogP contribution in [0.1, 0.15) is 17.3 Å². The number of nitrogens with one attached hydrogen (secondary N) is 1. The van der Waals surface area contributed by atoms with Crippen molar-refractivity contribution in [3.63, 3.8) is 0 Å². The molecule has 0 saturated carbocycles. The number of rotatable bonds is 4. The van der Waals surface area contributed by atoms with Gasteiger partial charge in [-0.3, -0.25) is 4.79 Å². The average molecular weight is 299 g/mol. The van der Waals surface area contributed by atoms with Gasteiger partial charge in [-0.25, -0.2) is 0 Å². The number of benzene rings is 1. The van der Waals surface area contributed by atoms with Crippen molar-refractivity contribution in [3.05, 3.63) is 48.4 Å². The Kier molecular flexibility index (Phi) is 4.44. The normalized spacial score (nSPS) is 15.8. The van der Waals surface area contributed by atoms with Crippen LogP contribution in [0.3, 0.4) is 0 Å². The SMILES string of the molecule is CCN1CCN(c2ccccc2NC(=O)c2ccoc2)CC1. The van der Waals surface area contributed by atoms with E-state index >= 15 is 0 Å². The Morgan fingerprint density at radius 1 is 1.18 bits per heavy atom. The first kappa shape index (κ1) is 14.7. The molecule has 3 rings (SSSR count). The minimum absolute atomic E-state index is 0.145. The molecule has 1 fully saturated rings. The fourth-order valence-electron chi connectivity index (χ4n) is 2.75. The Morgan fingerprint density at radius 2 is 1.95 bits per heavy atom. The summed E-state index contributed by atoms with van der Waals surface area (Å²) in [5.74, 6) is -0.145. The third-order valence-electron chi connectivity index (χ3n) is 4.10. The number of likely N-dealkylation sites (N-methyl/N-ethyl adjacent to an activating group) is 1. The smallest absolute Gasteiger partial charge is 0.258 e. The molecule has 1 amide bonds. The summed E-state index contributed by atoms with van der Waals surface area (Å²) in [5.41, 5.74) is 2.46. The number of amides is 1. The lowest BCUT2D eigenvalue weighted by Crippen LogP contribution is -2.46. The van der Waals surface area contributed by atoms with Crippen molar-refractivity contribution in [2.45, 2.75) is 6.92 Å². The average Bonchev–Trinajstić information content (AvgIpc) is 3.10. The molecule has 1 aliphatic rings. The zero-order valence-corrected chi connectivity index (χ0v) is 12.8. The van der Waals surface area contributed by atoms with Crippen LogP contribution in [0, 0.1) is 0 Å². The predicted octanol–water partition coefficient (Wildman–Crippen LogP) is 2.67. The van der Waals surface area contributed by atoms with E-state index in [2.05, 4.69) is 28.1 Å². The Hall–Kier alpha value is -2.27. The molecule has 0 spiro atoms. The summed E-state index contributed by atoms with van der Waals surface area (Å²) in [6, 6.07) is 9.62. The fourth-order valence-corrected chi connectivity index (χ4v) is 2.75. The Morgan fingerprint density at radius 3 is 2.64 bits per heavy atom. The van der Waals surface area contributed by atoms with Crippen LogP contribution in [0.4, 0.5) is 11.4 Å². The summed E-state index contributed by atoms with van der Waals surface area (Å²) < 4.78 is 4.97. The minimum atomic E-state index is -0.145. The molecular formula is C17H21N3O2. The van der Waals surface area contributed by atoms with Gasteiger partial charge in [-0.1, -0.05) is 19.1 Å². The van der Waals surface area contributed by atoms with E-state index in [0.717, 1.165) is 44.1 Å². The first-order valence-corrected chi connectivity index (χ1v) is 7.68. The van der Waals surface area contributed by atoms with E-state index in [1.54, 1.807) is 6.07 Å². The van der Waals surface area contributed by atoms with Gasteiger partial charge >= 0.3 is 0 Å². The van der Waals surface area contributed by atoms with Gasteiger partial charge in [-0.2, -0.15) is 0 Å². The van der Waals surface area contributed by atoms with E-state index in [4.69, 9.17) is 4.42 Å². The largest absolute Gasteiger partial charge is 0.472 e. The van der Waals surface area contributed by atoms with Crippen LogP contribution < -0.4 is 10.2 Å². The highest BCUT2D eigenvalue weighted by Gasteiger charge is 2.19. The summed E-state index contributed by atoms with van der Waals surface area (Å²) in [5, 5.41) is 2.98. The molecule has 0 bridgehead atoms. The zero-order chi connectivity index (χ0) is 15.4. The molecule has 5 nitrogen and oxygen atoms in total. The number of nitrogens with zero attached hydrogens (tertiary/aromatic N) is 2. The van der Waals surface area contributed by atoms with E-state index in [1.165, 1.54) is 12.5 Å². The number of furan rings is 1. The molecule has 1 aromatic heterocycles. The third-order valence-corrected chi connectivity index (χ3v) is 4.10. The molecule has 1 aliphatic heterocycles. The summed E-state index contributed by atoms with van der Waals surface area (Å²) in [4.78, 5) is 17.0. The van der Waals surface area contributed by atoms with Crippen LogP contribution >= 0.6 is 0 Å². The maximum absolute atomic E-state index is 12.2. The second-order valence-corrected chi connectivity index (χ2v) is 5.40. The van der Waals surface area contributed by atoms with Gasteiger partial charge in [-0.15, -0.1) is 0 Å². The van der Waals surface area contributed by atoms with Gasteiger partial charge in [0.15, 0.2) is 0 Å². The molecule has 2 heterocycles. The number of carbonyl (C=O) groups is 1. The van der Waals surface area contributed by atoms with Crippen LogP contribution in [0.5, 0.6) is 0 Å². The van der Waals surface area contributed by atoms with Crippen molar-refractivity contribution < 1.29 is 9.21 Å². The molecule has 0 radical (unpaired) electrons. The molecule has 1 aromatic carbocycles. The Balaban J connectivity index is 1.74. The van der Waals surface area contributed by atoms with E-state index < -0.39 is 0 Å². The maximum Gasteiger partial charge on any atom is 0.258 e. The van der Waals surface area contributed by atoms with E-state index in [-0.39, 0.29) is 5.91 Å². The van der Waals surface area contributed by atoms with Crippen molar-refractivity contribution in [1.29, 1.82) is 0 Å². The molecule has 0 aliphatic carbocycles. The quantitative estimate of drug-likeness (QED) is 0.943. The van der Waals surface area contributed by atoms with Gasteiger partial charge in [0.2, 0.25) is 0 Å². The molecule has 0 atom stereocenters. The first-order valence-electron chi connectivity index (χ1n) is 7.68. The summed E-state index contributed by atoms with van der Waals surface area (Å²) in [6.07, 6.45) is 2.96. The van der Waals surface area contributed by atoms with Crippen LogP contribution in [-0.2, 0) is 0 Å². The van der Waals surface area contributed by atoms with Crippen LogP contribution in [0.15, 0.2) is 47.3 Å². The highest BCUT2D eigenvalue weighted by molar-refractivity contribution is 6.05. The van der Waals surface area contributed by atoms with Gasteiger partial charge in [0.05, 0.1) is 23.2 Å². The lowest BCUT2D eigenvalue weighted by molar-refractivity contribution is 0.102. The zero-order valence-electron chi connectivity index (χ0n) is 12.8. The number of hydrogen-bond acceptors (Lipinski definition) is 4. The van der Waals surface area contributed by atoms with E-state index in [9.17, 15) is 4.79 Å². The first-order chi connectivity index (χ1) is 10.8. The van der Waals surface area contributed by atoms with Crippen LogP contribution in [0.25, 0.3) is 0 Å². The molecule has 2 aromatic rings. The molecule has 22 heavy (non-hydrogen) atoms. The lowest BCUT2D eigenvalue weighted by atomic mass is 10.2. The number of carbonyl (C=O) groups excluding carboxylic acids is 1. The topological polar surface area (TPSA) is 48.7 Å². The molecule has 0 unspecified atom stereocenters. The molecule has 1 saturated heterocycles. The Labute approximate surface area is 130 Å². The van der Waals surface area contributed by atoms with Gasteiger partial charge in [0.1, 0.15) is 6.26 Å². The molecule has 116 valence electrons. The van der Waals surface area contributed by atoms with Crippen molar-refractivity contribution in [2.75, 3.05) is 42.9 Å². The summed E-state index contributed by atoms with van der Waals surface area (Å²) in [7, 11) is 0. The lowest BCUT2D eigenvalue weighted by Gasteiger charge is -2.36. The standard InChI is InChI=1S/C17H21N3O2/c1-2-19-8-10-20(11-9-19)16-6-4-3-5-15(16)18-17(21)14-7-12-22-13-14/h3-7,12-13H,2,8-11H2,1H3,(H,18,21).